The fourth-order valence-electron chi connectivity index (χ4n) is 1.40. The van der Waals surface area contributed by atoms with Crippen molar-refractivity contribution in [1.82, 2.24) is 0 Å². The summed E-state index contributed by atoms with van der Waals surface area (Å²) < 4.78 is 1.95. The van der Waals surface area contributed by atoms with Gasteiger partial charge in [0, 0.05) is 11.6 Å². The Morgan fingerprint density at radius 2 is 1.73 bits per heavy atom. The van der Waals surface area contributed by atoms with Crippen LogP contribution in [0.15, 0.2) is 54.9 Å². The highest BCUT2D eigenvalue weighted by Crippen LogP contribution is 2.02. The molecule has 0 aliphatic rings. The normalized spacial score (nSPS) is 9.33. The molecule has 0 fully saturated rings. The molecule has 2 aromatic rings. The Morgan fingerprint density at radius 3 is 2.40 bits per heavy atom. The van der Waals surface area contributed by atoms with Gasteiger partial charge in [-0.25, -0.2) is 0 Å². The molecule has 0 spiro atoms. The van der Waals surface area contributed by atoms with Crippen LogP contribution in [0, 0.1) is 0 Å². The van der Waals surface area contributed by atoms with Crippen LogP contribution in [0.1, 0.15) is 5.56 Å². The van der Waals surface area contributed by atoms with Crippen molar-refractivity contribution in [3.8, 4) is 5.75 Å². The second-order valence-corrected chi connectivity index (χ2v) is 3.22. The van der Waals surface area contributed by atoms with Crippen molar-refractivity contribution in [2.75, 3.05) is 0 Å². The van der Waals surface area contributed by atoms with Gasteiger partial charge in [0.2, 0.25) is 6.20 Å². The first-order chi connectivity index (χ1) is 6.84. The first-order valence-electron chi connectivity index (χ1n) is 4.56. The molecule has 1 N–H and O–H groups in total. The highest BCUT2D eigenvalue weighted by molar-refractivity contribution is 5.14. The molecule has 0 bridgehead atoms. The Balaban J connectivity index is 0.00000112. The van der Waals surface area contributed by atoms with Crippen molar-refractivity contribution in [1.29, 1.82) is 0 Å². The van der Waals surface area contributed by atoms with Crippen LogP contribution in [0.2, 0.25) is 0 Å². The van der Waals surface area contributed by atoms with Crippen molar-refractivity contribution in [3.05, 3.63) is 60.4 Å². The Bertz CT molecular complexity index is 417. The van der Waals surface area contributed by atoms with E-state index in [-0.39, 0.29) is 12.4 Å². The minimum atomic E-state index is 0. The van der Waals surface area contributed by atoms with Gasteiger partial charge >= 0.3 is 0 Å². The summed E-state index contributed by atoms with van der Waals surface area (Å²) in [7, 11) is 0. The van der Waals surface area contributed by atoms with E-state index in [0.29, 0.717) is 5.75 Å². The van der Waals surface area contributed by atoms with Gasteiger partial charge < -0.3 is 17.5 Å². The van der Waals surface area contributed by atoms with Gasteiger partial charge in [-0.2, -0.15) is 4.57 Å². The summed E-state index contributed by atoms with van der Waals surface area (Å²) in [4.78, 5) is 0. The molecule has 2 rings (SSSR count). The molecule has 0 atom stereocenters. The molecule has 0 saturated heterocycles. The molecule has 0 aliphatic heterocycles. The summed E-state index contributed by atoms with van der Waals surface area (Å²) in [5.41, 5.74) is 1.23. The van der Waals surface area contributed by atoms with Gasteiger partial charge in [0.25, 0.3) is 0 Å². The van der Waals surface area contributed by atoms with Crippen LogP contribution in [-0.4, -0.2) is 5.11 Å². The molecular formula is C12H12ClNO. The lowest BCUT2D eigenvalue weighted by atomic mass is 10.2. The van der Waals surface area contributed by atoms with E-state index in [0.717, 1.165) is 6.54 Å². The maximum absolute atomic E-state index is 9.27. The van der Waals surface area contributed by atoms with Crippen LogP contribution in [0.4, 0.5) is 0 Å². The minimum Gasteiger partial charge on any atom is -1.00 e. The van der Waals surface area contributed by atoms with E-state index < -0.39 is 0 Å². The molecule has 15 heavy (non-hydrogen) atoms. The van der Waals surface area contributed by atoms with E-state index in [4.69, 9.17) is 0 Å². The van der Waals surface area contributed by atoms with Gasteiger partial charge in [-0.3, -0.25) is 0 Å². The average molecular weight is 222 g/mol. The molecule has 0 radical (unpaired) electrons. The Labute approximate surface area is 95.2 Å². The van der Waals surface area contributed by atoms with Gasteiger partial charge in [0.15, 0.2) is 18.5 Å². The highest BCUT2D eigenvalue weighted by atomic mass is 35.5. The van der Waals surface area contributed by atoms with Crippen molar-refractivity contribution < 1.29 is 22.1 Å². The summed E-state index contributed by atoms with van der Waals surface area (Å²) in [6, 6.07) is 13.7. The van der Waals surface area contributed by atoms with Crippen LogP contribution in [-0.2, 0) is 6.54 Å². The first-order valence-corrected chi connectivity index (χ1v) is 4.56. The SMILES string of the molecule is Oc1ccc[n+](Cc2ccccc2)c1.[Cl-]. The lowest BCUT2D eigenvalue weighted by molar-refractivity contribution is -0.688. The van der Waals surface area contributed by atoms with Crippen LogP contribution >= 0.6 is 0 Å². The number of aromatic hydroxyl groups is 1. The number of benzene rings is 1. The summed E-state index contributed by atoms with van der Waals surface area (Å²) in [6.45, 7) is 0.787. The van der Waals surface area contributed by atoms with E-state index in [1.807, 2.05) is 35.0 Å². The van der Waals surface area contributed by atoms with Crippen molar-refractivity contribution in [2.24, 2.45) is 0 Å². The average Bonchev–Trinajstić information content (AvgIpc) is 2.19. The van der Waals surface area contributed by atoms with Crippen LogP contribution < -0.4 is 17.0 Å². The zero-order chi connectivity index (χ0) is 9.80. The van der Waals surface area contributed by atoms with Crippen LogP contribution in [0.3, 0.4) is 0 Å². The first kappa shape index (κ1) is 11.5. The fraction of sp³-hybridized carbons (Fsp3) is 0.0833. The van der Waals surface area contributed by atoms with Gasteiger partial charge in [0.05, 0.1) is 0 Å². The van der Waals surface area contributed by atoms with Crippen molar-refractivity contribution in [3.63, 3.8) is 0 Å². The summed E-state index contributed by atoms with van der Waals surface area (Å²) in [6.07, 6.45) is 3.65. The van der Waals surface area contributed by atoms with Gasteiger partial charge in [-0.05, 0) is 6.07 Å². The maximum Gasteiger partial charge on any atom is 0.211 e. The number of nitrogens with zero attached hydrogens (tertiary/aromatic N) is 1. The van der Waals surface area contributed by atoms with E-state index in [1.54, 1.807) is 12.3 Å². The quantitative estimate of drug-likeness (QED) is 0.629. The molecular weight excluding hydrogens is 210 g/mol. The molecule has 1 aromatic carbocycles. The van der Waals surface area contributed by atoms with Gasteiger partial charge in [-0.15, -0.1) is 0 Å². The van der Waals surface area contributed by atoms with Crippen molar-refractivity contribution >= 4 is 0 Å². The Hall–Kier alpha value is -1.54. The standard InChI is InChI=1S/C12H11NO.ClH/c14-12-7-4-8-13(10-12)9-11-5-2-1-3-6-11;/h1-8,10H,9H2;1H. The number of aromatic nitrogens is 1. The third kappa shape index (κ3) is 3.26. The summed E-state index contributed by atoms with van der Waals surface area (Å²) >= 11 is 0. The largest absolute Gasteiger partial charge is 1.00 e. The predicted molar refractivity (Wildman–Crippen MR) is 53.8 cm³/mol. The molecule has 0 saturated carbocycles. The zero-order valence-corrected chi connectivity index (χ0v) is 8.93. The van der Waals surface area contributed by atoms with E-state index in [2.05, 4.69) is 12.1 Å². The second-order valence-electron chi connectivity index (χ2n) is 3.22. The monoisotopic (exact) mass is 221 g/mol. The molecule has 0 amide bonds. The van der Waals surface area contributed by atoms with E-state index in [9.17, 15) is 5.11 Å². The molecule has 1 aromatic heterocycles. The summed E-state index contributed by atoms with van der Waals surface area (Å²) in [5.74, 6) is 0.295. The third-order valence-electron chi connectivity index (χ3n) is 2.05. The molecule has 3 heteroatoms. The molecule has 0 aliphatic carbocycles. The second kappa shape index (κ2) is 5.37. The molecule has 78 valence electrons. The van der Waals surface area contributed by atoms with Crippen molar-refractivity contribution in [2.45, 2.75) is 6.54 Å². The van der Waals surface area contributed by atoms with E-state index >= 15 is 0 Å². The lowest BCUT2D eigenvalue weighted by Crippen LogP contribution is -3.00. The van der Waals surface area contributed by atoms with E-state index in [1.165, 1.54) is 5.56 Å². The Morgan fingerprint density at radius 1 is 1.00 bits per heavy atom. The zero-order valence-electron chi connectivity index (χ0n) is 8.18. The molecule has 2 nitrogen and oxygen atoms in total. The predicted octanol–water partition coefficient (Wildman–Crippen LogP) is -1.27. The van der Waals surface area contributed by atoms with Crippen LogP contribution in [0.25, 0.3) is 0 Å². The lowest BCUT2D eigenvalue weighted by Gasteiger charge is -1.97. The Kier molecular flexibility index (Phi) is 4.13. The minimum absolute atomic E-state index is 0. The number of halogens is 1. The van der Waals surface area contributed by atoms with Gasteiger partial charge in [-0.1, -0.05) is 30.3 Å². The van der Waals surface area contributed by atoms with Gasteiger partial charge in [0.1, 0.15) is 0 Å². The third-order valence-corrected chi connectivity index (χ3v) is 2.05. The van der Waals surface area contributed by atoms with Crippen LogP contribution in [0.5, 0.6) is 5.75 Å². The molecule has 0 unspecified atom stereocenters. The smallest absolute Gasteiger partial charge is 0.211 e. The number of pyridine rings is 1. The maximum atomic E-state index is 9.27. The topological polar surface area (TPSA) is 24.1 Å². The molecule has 1 heterocycles. The fourth-order valence-corrected chi connectivity index (χ4v) is 1.40. The highest BCUT2D eigenvalue weighted by Gasteiger charge is 2.01. The number of hydrogen-bond donors (Lipinski definition) is 1. The number of hydrogen-bond acceptors (Lipinski definition) is 1. The summed E-state index contributed by atoms with van der Waals surface area (Å²) in [5, 5.41) is 9.27. The number of rotatable bonds is 2.